The van der Waals surface area contributed by atoms with Gasteiger partial charge in [0.25, 0.3) is 5.91 Å². The summed E-state index contributed by atoms with van der Waals surface area (Å²) < 4.78 is 6.27. The molecule has 0 unspecified atom stereocenters. The molecule has 0 aliphatic rings. The fourth-order valence-electron chi connectivity index (χ4n) is 2.46. The number of nitrogen functional groups attached to an aromatic ring is 1. The largest absolute Gasteiger partial charge is 0.464 e. The fourth-order valence-corrected chi connectivity index (χ4v) is 2.46. The second-order valence-corrected chi connectivity index (χ2v) is 5.91. The molecule has 3 N–H and O–H groups in total. The molecule has 25 heavy (non-hydrogen) atoms. The molecule has 130 valence electrons. The van der Waals surface area contributed by atoms with Crippen molar-refractivity contribution in [3.8, 4) is 11.8 Å². The number of amides is 1. The van der Waals surface area contributed by atoms with Gasteiger partial charge in [0.15, 0.2) is 5.69 Å². The normalized spacial score (nSPS) is 10.4. The molecular weight excluding hydrogens is 320 g/mol. The molecule has 7 heteroatoms. The van der Waals surface area contributed by atoms with Crippen LogP contribution in [0.1, 0.15) is 45.8 Å². The Bertz CT molecular complexity index is 875. The first kappa shape index (κ1) is 18.1. The first-order chi connectivity index (χ1) is 11.8. The van der Waals surface area contributed by atoms with Gasteiger partial charge >= 0.3 is 5.97 Å². The van der Waals surface area contributed by atoms with Crippen LogP contribution in [0.3, 0.4) is 0 Å². The Balaban J connectivity index is 2.64. The molecule has 0 aliphatic carbocycles. The van der Waals surface area contributed by atoms with Gasteiger partial charge < -0.3 is 20.4 Å². The molecular formula is C18H20N4O3. The van der Waals surface area contributed by atoms with Crippen LogP contribution in [0.25, 0.3) is 5.69 Å². The number of carbonyl (C=O) groups is 2. The smallest absolute Gasteiger partial charge is 0.357 e. The van der Waals surface area contributed by atoms with E-state index in [1.54, 1.807) is 18.2 Å². The number of anilines is 1. The van der Waals surface area contributed by atoms with E-state index in [2.05, 4.69) is 5.32 Å². The van der Waals surface area contributed by atoms with Crippen LogP contribution in [0.2, 0.25) is 0 Å². The lowest BCUT2D eigenvalue weighted by Crippen LogP contribution is -2.30. The van der Waals surface area contributed by atoms with Gasteiger partial charge in [0.2, 0.25) is 0 Å². The first-order valence-electron chi connectivity index (χ1n) is 7.71. The molecule has 1 heterocycles. The van der Waals surface area contributed by atoms with Gasteiger partial charge in [-0.3, -0.25) is 4.79 Å². The van der Waals surface area contributed by atoms with Crippen LogP contribution in [0.4, 0.5) is 5.69 Å². The van der Waals surface area contributed by atoms with E-state index in [0.717, 1.165) is 5.56 Å². The highest BCUT2D eigenvalue weighted by Crippen LogP contribution is 2.27. The van der Waals surface area contributed by atoms with Crippen molar-refractivity contribution in [1.29, 1.82) is 5.26 Å². The predicted octanol–water partition coefficient (Wildman–Crippen LogP) is 2.16. The van der Waals surface area contributed by atoms with Crippen LogP contribution < -0.4 is 11.1 Å². The predicted molar refractivity (Wildman–Crippen MR) is 93.6 cm³/mol. The van der Waals surface area contributed by atoms with E-state index in [0.29, 0.717) is 11.3 Å². The average molecular weight is 340 g/mol. The average Bonchev–Trinajstić information content (AvgIpc) is 2.90. The summed E-state index contributed by atoms with van der Waals surface area (Å²) in [6, 6.07) is 7.08. The maximum Gasteiger partial charge on any atom is 0.357 e. The van der Waals surface area contributed by atoms with Crippen molar-refractivity contribution in [2.24, 2.45) is 0 Å². The summed E-state index contributed by atoms with van der Waals surface area (Å²) in [7, 11) is 1.24. The Hall–Kier alpha value is -3.27. The van der Waals surface area contributed by atoms with E-state index in [9.17, 15) is 14.9 Å². The Morgan fingerprint density at radius 2 is 2.04 bits per heavy atom. The molecule has 0 spiro atoms. The van der Waals surface area contributed by atoms with Gasteiger partial charge in [-0.15, -0.1) is 0 Å². The first-order valence-corrected chi connectivity index (χ1v) is 7.71. The Morgan fingerprint density at radius 1 is 1.36 bits per heavy atom. The van der Waals surface area contributed by atoms with Gasteiger partial charge in [-0.2, -0.15) is 5.26 Å². The highest BCUT2D eigenvalue weighted by molar-refractivity contribution is 5.97. The number of nitrogens with two attached hydrogens (primary N) is 1. The third kappa shape index (κ3) is 3.48. The number of aromatic nitrogens is 1. The topological polar surface area (TPSA) is 110 Å². The van der Waals surface area contributed by atoms with Crippen LogP contribution in [0.5, 0.6) is 0 Å². The lowest BCUT2D eigenvalue weighted by molar-refractivity contribution is 0.0593. The minimum atomic E-state index is -0.657. The summed E-state index contributed by atoms with van der Waals surface area (Å²) >= 11 is 0. The number of hydrogen-bond donors (Lipinski definition) is 2. The lowest BCUT2D eigenvalue weighted by atomic mass is 10.1. The van der Waals surface area contributed by atoms with Crippen molar-refractivity contribution in [1.82, 2.24) is 9.88 Å². The summed E-state index contributed by atoms with van der Waals surface area (Å²) in [6.45, 7) is 5.57. The van der Waals surface area contributed by atoms with E-state index >= 15 is 0 Å². The summed E-state index contributed by atoms with van der Waals surface area (Å²) in [5.41, 5.74) is 8.01. The van der Waals surface area contributed by atoms with Crippen LogP contribution in [-0.4, -0.2) is 29.6 Å². The van der Waals surface area contributed by atoms with Crippen molar-refractivity contribution in [2.45, 2.75) is 26.8 Å². The SMILES string of the molecule is COC(=O)c1c(N)c(C#N)cn1-c1cc(C(=O)NC(C)C)ccc1C. The van der Waals surface area contributed by atoms with E-state index in [1.165, 1.54) is 17.9 Å². The second kappa shape index (κ2) is 7.09. The minimum absolute atomic E-state index is 0.00435. The molecule has 1 amide bonds. The molecule has 0 atom stereocenters. The Labute approximate surface area is 146 Å². The number of benzene rings is 1. The van der Waals surface area contributed by atoms with Gasteiger partial charge in [0.05, 0.1) is 18.4 Å². The molecule has 0 fully saturated rings. The molecule has 0 aliphatic heterocycles. The highest BCUT2D eigenvalue weighted by atomic mass is 16.5. The number of aryl methyl sites for hydroxylation is 1. The van der Waals surface area contributed by atoms with Gasteiger partial charge in [-0.25, -0.2) is 4.79 Å². The summed E-state index contributed by atoms with van der Waals surface area (Å²) in [4.78, 5) is 24.4. The van der Waals surface area contributed by atoms with E-state index in [-0.39, 0.29) is 28.9 Å². The highest BCUT2D eigenvalue weighted by Gasteiger charge is 2.23. The van der Waals surface area contributed by atoms with Crippen LogP contribution >= 0.6 is 0 Å². The Morgan fingerprint density at radius 3 is 2.60 bits per heavy atom. The van der Waals surface area contributed by atoms with Crippen molar-refractivity contribution < 1.29 is 14.3 Å². The van der Waals surface area contributed by atoms with Crippen molar-refractivity contribution >= 4 is 17.6 Å². The van der Waals surface area contributed by atoms with Gasteiger partial charge in [0.1, 0.15) is 6.07 Å². The fraction of sp³-hybridized carbons (Fsp3) is 0.278. The molecule has 1 aromatic carbocycles. The van der Waals surface area contributed by atoms with Crippen molar-refractivity contribution in [3.05, 3.63) is 46.8 Å². The zero-order valence-corrected chi connectivity index (χ0v) is 14.6. The number of carbonyl (C=O) groups excluding carboxylic acids is 2. The van der Waals surface area contributed by atoms with Gasteiger partial charge in [-0.1, -0.05) is 6.07 Å². The molecule has 0 bridgehead atoms. The number of nitrogens with zero attached hydrogens (tertiary/aromatic N) is 2. The molecule has 2 aromatic rings. The Kier molecular flexibility index (Phi) is 5.13. The third-order valence-corrected chi connectivity index (χ3v) is 3.69. The number of rotatable bonds is 4. The van der Waals surface area contributed by atoms with E-state index in [1.807, 2.05) is 26.8 Å². The summed E-state index contributed by atoms with van der Waals surface area (Å²) in [5.74, 6) is -0.882. The lowest BCUT2D eigenvalue weighted by Gasteiger charge is -2.14. The number of esters is 1. The third-order valence-electron chi connectivity index (χ3n) is 3.69. The van der Waals surface area contributed by atoms with Crippen molar-refractivity contribution in [3.63, 3.8) is 0 Å². The number of methoxy groups -OCH3 is 1. The van der Waals surface area contributed by atoms with Crippen LogP contribution in [0.15, 0.2) is 24.4 Å². The van der Waals surface area contributed by atoms with E-state index < -0.39 is 5.97 Å². The van der Waals surface area contributed by atoms with Crippen molar-refractivity contribution in [2.75, 3.05) is 12.8 Å². The van der Waals surface area contributed by atoms with Crippen LogP contribution in [-0.2, 0) is 4.74 Å². The number of hydrogen-bond acceptors (Lipinski definition) is 5. The second-order valence-electron chi connectivity index (χ2n) is 5.91. The standard InChI is InChI=1S/C18H20N4O3/c1-10(2)21-17(23)12-6-5-11(3)14(7-12)22-9-13(8-19)15(20)16(22)18(24)25-4/h5-7,9-10H,20H2,1-4H3,(H,21,23). The molecule has 1 aromatic heterocycles. The number of ether oxygens (including phenoxy) is 1. The molecule has 0 saturated heterocycles. The maximum absolute atomic E-state index is 12.3. The molecule has 0 radical (unpaired) electrons. The summed E-state index contributed by atoms with van der Waals surface area (Å²) in [6.07, 6.45) is 1.47. The maximum atomic E-state index is 12.3. The molecule has 2 rings (SSSR count). The monoisotopic (exact) mass is 340 g/mol. The quantitative estimate of drug-likeness (QED) is 0.829. The van der Waals surface area contributed by atoms with Crippen LogP contribution in [0, 0.1) is 18.3 Å². The van der Waals surface area contributed by atoms with E-state index in [4.69, 9.17) is 10.5 Å². The number of nitriles is 1. The molecule has 0 saturated carbocycles. The van der Waals surface area contributed by atoms with Gasteiger partial charge in [0, 0.05) is 23.5 Å². The zero-order valence-electron chi connectivity index (χ0n) is 14.6. The number of nitrogens with one attached hydrogen (secondary N) is 1. The summed E-state index contributed by atoms with van der Waals surface area (Å²) in [5, 5.41) is 12.0. The molecule has 7 nitrogen and oxygen atoms in total. The van der Waals surface area contributed by atoms with Gasteiger partial charge in [-0.05, 0) is 38.5 Å². The zero-order chi connectivity index (χ0) is 18.7. The minimum Gasteiger partial charge on any atom is -0.464 e.